The number of ether oxygens (including phenoxy) is 1. The molecule has 1 aromatic rings. The van der Waals surface area contributed by atoms with Gasteiger partial charge in [-0.3, -0.25) is 0 Å². The minimum Gasteiger partial charge on any atom is -0.508 e. The fourth-order valence-corrected chi connectivity index (χ4v) is 0.926. The van der Waals surface area contributed by atoms with E-state index >= 15 is 0 Å². The van der Waals surface area contributed by atoms with Crippen molar-refractivity contribution in [2.45, 2.75) is 13.8 Å². The van der Waals surface area contributed by atoms with Crippen molar-refractivity contribution in [1.82, 2.24) is 0 Å². The van der Waals surface area contributed by atoms with Crippen LogP contribution in [0.3, 0.4) is 0 Å². The first-order chi connectivity index (χ1) is 5.15. The molecule has 0 amide bonds. The summed E-state index contributed by atoms with van der Waals surface area (Å²) in [6.45, 7) is 3.82. The van der Waals surface area contributed by atoms with E-state index in [9.17, 15) is 5.11 Å². The molecule has 2 nitrogen and oxygen atoms in total. The number of aryl methyl sites for hydroxylation is 1. The summed E-state index contributed by atoms with van der Waals surface area (Å²) >= 11 is 0. The van der Waals surface area contributed by atoms with Crippen LogP contribution in [0.4, 0.5) is 0 Å². The quantitative estimate of drug-likeness (QED) is 0.667. The Morgan fingerprint density at radius 3 is 2.36 bits per heavy atom. The third-order valence-corrected chi connectivity index (χ3v) is 1.85. The van der Waals surface area contributed by atoms with Crippen LogP contribution in [0.2, 0.25) is 0 Å². The molecular weight excluding hydrogens is 140 g/mol. The monoisotopic (exact) mass is 152 g/mol. The van der Waals surface area contributed by atoms with Crippen LogP contribution in [0.15, 0.2) is 12.1 Å². The van der Waals surface area contributed by atoms with Gasteiger partial charge in [0.05, 0.1) is 7.11 Å². The predicted molar refractivity (Wildman–Crippen MR) is 44.1 cm³/mol. The van der Waals surface area contributed by atoms with E-state index in [4.69, 9.17) is 4.74 Å². The standard InChI is InChI=1S/C9H12O2/c1-6-4-8(11-3)5-9(10)7(6)2/h4-5,10H,1-3H3. The average molecular weight is 152 g/mol. The van der Waals surface area contributed by atoms with Crippen molar-refractivity contribution in [3.8, 4) is 11.5 Å². The van der Waals surface area contributed by atoms with Crippen molar-refractivity contribution < 1.29 is 9.84 Å². The van der Waals surface area contributed by atoms with E-state index in [0.717, 1.165) is 11.1 Å². The van der Waals surface area contributed by atoms with E-state index in [1.165, 1.54) is 0 Å². The third-order valence-electron chi connectivity index (χ3n) is 1.85. The van der Waals surface area contributed by atoms with Gasteiger partial charge in [-0.2, -0.15) is 0 Å². The molecule has 0 aromatic heterocycles. The number of benzene rings is 1. The second-order valence-corrected chi connectivity index (χ2v) is 2.59. The van der Waals surface area contributed by atoms with Gasteiger partial charge in [0.15, 0.2) is 0 Å². The molecule has 2 heteroatoms. The Morgan fingerprint density at radius 1 is 1.27 bits per heavy atom. The Balaban J connectivity index is 3.21. The first-order valence-electron chi connectivity index (χ1n) is 3.49. The van der Waals surface area contributed by atoms with Gasteiger partial charge in [0.25, 0.3) is 0 Å². The lowest BCUT2D eigenvalue weighted by Gasteiger charge is -2.05. The molecule has 0 spiro atoms. The Hall–Kier alpha value is -1.18. The summed E-state index contributed by atoms with van der Waals surface area (Å²) < 4.78 is 4.97. The lowest BCUT2D eigenvalue weighted by molar-refractivity contribution is 0.406. The molecule has 11 heavy (non-hydrogen) atoms. The fourth-order valence-electron chi connectivity index (χ4n) is 0.926. The fraction of sp³-hybridized carbons (Fsp3) is 0.333. The normalized spacial score (nSPS) is 9.73. The van der Waals surface area contributed by atoms with E-state index < -0.39 is 0 Å². The Bertz CT molecular complexity index is 243. The second kappa shape index (κ2) is 2.82. The number of hydrogen-bond donors (Lipinski definition) is 1. The number of phenolic OH excluding ortho intramolecular Hbond substituents is 1. The van der Waals surface area contributed by atoms with Crippen LogP contribution >= 0.6 is 0 Å². The summed E-state index contributed by atoms with van der Waals surface area (Å²) in [5.74, 6) is 0.993. The van der Waals surface area contributed by atoms with E-state index in [1.54, 1.807) is 13.2 Å². The smallest absolute Gasteiger partial charge is 0.122 e. The van der Waals surface area contributed by atoms with Crippen molar-refractivity contribution in [2.75, 3.05) is 7.11 Å². The Kier molecular flexibility index (Phi) is 2.03. The predicted octanol–water partition coefficient (Wildman–Crippen LogP) is 2.02. The van der Waals surface area contributed by atoms with Crippen LogP contribution in [-0.2, 0) is 0 Å². The zero-order valence-electron chi connectivity index (χ0n) is 7.01. The highest BCUT2D eigenvalue weighted by Crippen LogP contribution is 2.25. The molecule has 0 aliphatic heterocycles. The van der Waals surface area contributed by atoms with Gasteiger partial charge in [-0.1, -0.05) is 0 Å². The van der Waals surface area contributed by atoms with Crippen LogP contribution in [0.5, 0.6) is 11.5 Å². The van der Waals surface area contributed by atoms with Gasteiger partial charge in [0, 0.05) is 6.07 Å². The molecular formula is C9H12O2. The Morgan fingerprint density at radius 2 is 1.91 bits per heavy atom. The van der Waals surface area contributed by atoms with Crippen LogP contribution in [0.1, 0.15) is 11.1 Å². The van der Waals surface area contributed by atoms with Crippen LogP contribution in [0.25, 0.3) is 0 Å². The molecule has 0 saturated carbocycles. The number of phenols is 1. The minimum atomic E-state index is 0.293. The Labute approximate surface area is 66.4 Å². The van der Waals surface area contributed by atoms with Crippen molar-refractivity contribution in [3.63, 3.8) is 0 Å². The SMILES string of the molecule is COc1cc(C)c(C)c(O)c1. The molecule has 60 valence electrons. The van der Waals surface area contributed by atoms with Crippen LogP contribution in [0, 0.1) is 13.8 Å². The number of rotatable bonds is 1. The van der Waals surface area contributed by atoms with Crippen molar-refractivity contribution >= 4 is 0 Å². The molecule has 0 radical (unpaired) electrons. The maximum atomic E-state index is 9.33. The highest BCUT2D eigenvalue weighted by molar-refractivity contribution is 5.44. The molecule has 0 unspecified atom stereocenters. The van der Waals surface area contributed by atoms with Gasteiger partial charge in [-0.15, -0.1) is 0 Å². The van der Waals surface area contributed by atoms with E-state index in [1.807, 2.05) is 19.9 Å². The molecule has 1 aromatic carbocycles. The lowest BCUT2D eigenvalue weighted by atomic mass is 10.1. The van der Waals surface area contributed by atoms with Gasteiger partial charge in [-0.05, 0) is 31.0 Å². The van der Waals surface area contributed by atoms with Gasteiger partial charge < -0.3 is 9.84 Å². The number of methoxy groups -OCH3 is 1. The zero-order valence-corrected chi connectivity index (χ0v) is 7.01. The van der Waals surface area contributed by atoms with Crippen molar-refractivity contribution in [1.29, 1.82) is 0 Å². The topological polar surface area (TPSA) is 29.5 Å². The summed E-state index contributed by atoms with van der Waals surface area (Å²) in [6, 6.07) is 3.51. The molecule has 0 aliphatic rings. The lowest BCUT2D eigenvalue weighted by Crippen LogP contribution is -1.86. The summed E-state index contributed by atoms with van der Waals surface area (Å²) in [7, 11) is 1.59. The summed E-state index contributed by atoms with van der Waals surface area (Å²) in [4.78, 5) is 0. The molecule has 0 fully saturated rings. The van der Waals surface area contributed by atoms with Gasteiger partial charge >= 0.3 is 0 Å². The molecule has 1 N–H and O–H groups in total. The number of hydrogen-bond acceptors (Lipinski definition) is 2. The molecule has 0 atom stereocenters. The minimum absolute atomic E-state index is 0.293. The first kappa shape index (κ1) is 7.92. The summed E-state index contributed by atoms with van der Waals surface area (Å²) in [5, 5.41) is 9.33. The van der Waals surface area contributed by atoms with Crippen molar-refractivity contribution in [3.05, 3.63) is 23.3 Å². The zero-order chi connectivity index (χ0) is 8.43. The van der Waals surface area contributed by atoms with E-state index in [2.05, 4.69) is 0 Å². The van der Waals surface area contributed by atoms with Gasteiger partial charge in [-0.25, -0.2) is 0 Å². The van der Waals surface area contributed by atoms with Gasteiger partial charge in [0.1, 0.15) is 11.5 Å². The second-order valence-electron chi connectivity index (χ2n) is 2.59. The number of aromatic hydroxyl groups is 1. The molecule has 1 rings (SSSR count). The maximum absolute atomic E-state index is 9.33. The highest BCUT2D eigenvalue weighted by Gasteiger charge is 2.01. The van der Waals surface area contributed by atoms with Crippen molar-refractivity contribution in [2.24, 2.45) is 0 Å². The van der Waals surface area contributed by atoms with Crippen LogP contribution < -0.4 is 4.74 Å². The molecule has 0 heterocycles. The summed E-state index contributed by atoms with van der Waals surface area (Å²) in [6.07, 6.45) is 0. The van der Waals surface area contributed by atoms with Gasteiger partial charge in [0.2, 0.25) is 0 Å². The average Bonchev–Trinajstić information content (AvgIpc) is 1.99. The summed E-state index contributed by atoms with van der Waals surface area (Å²) in [5.41, 5.74) is 1.95. The highest BCUT2D eigenvalue weighted by atomic mass is 16.5. The van der Waals surface area contributed by atoms with E-state index in [-0.39, 0.29) is 0 Å². The largest absolute Gasteiger partial charge is 0.508 e. The molecule has 0 bridgehead atoms. The van der Waals surface area contributed by atoms with E-state index in [0.29, 0.717) is 11.5 Å². The molecule has 0 saturated heterocycles. The van der Waals surface area contributed by atoms with Crippen LogP contribution in [-0.4, -0.2) is 12.2 Å². The maximum Gasteiger partial charge on any atom is 0.122 e. The first-order valence-corrected chi connectivity index (χ1v) is 3.49. The molecule has 0 aliphatic carbocycles. The third kappa shape index (κ3) is 1.45.